The molecule has 1 N–H and O–H groups in total. The Morgan fingerprint density at radius 2 is 2.28 bits per heavy atom. The Bertz CT molecular complexity index is 546. The normalized spacial score (nSPS) is 22.2. The second-order valence-corrected chi connectivity index (χ2v) is 5.21. The summed E-state index contributed by atoms with van der Waals surface area (Å²) in [6.45, 7) is 3.34. The van der Waals surface area contributed by atoms with E-state index in [2.05, 4.69) is 46.1 Å². The number of nitrogens with one attached hydrogen (secondary N) is 1. The van der Waals surface area contributed by atoms with Crippen molar-refractivity contribution in [2.45, 2.75) is 12.5 Å². The van der Waals surface area contributed by atoms with Crippen LogP contribution >= 0.6 is 0 Å². The van der Waals surface area contributed by atoms with Crippen LogP contribution in [0.5, 0.6) is 0 Å². The van der Waals surface area contributed by atoms with Gasteiger partial charge in [-0.25, -0.2) is 0 Å². The fourth-order valence-electron chi connectivity index (χ4n) is 2.84. The zero-order chi connectivity index (χ0) is 12.5. The number of hydrogen-bond acceptors (Lipinski definition) is 3. The maximum absolute atomic E-state index is 4.21. The standard InChI is InChI=1S/C14H20N4/c1-17-7-3-5-16-13(10-17)12-9-18(2)14-8-15-6-4-11(12)14/h4,6,8-9,13,16H,3,5,7,10H2,1-2H3. The molecule has 0 aromatic carbocycles. The van der Waals surface area contributed by atoms with E-state index in [0.717, 1.165) is 13.1 Å². The molecule has 1 aliphatic heterocycles. The molecular weight excluding hydrogens is 224 g/mol. The quantitative estimate of drug-likeness (QED) is 0.826. The molecule has 4 heteroatoms. The van der Waals surface area contributed by atoms with Gasteiger partial charge in [0.05, 0.1) is 11.7 Å². The lowest BCUT2D eigenvalue weighted by molar-refractivity contribution is 0.327. The van der Waals surface area contributed by atoms with Crippen molar-refractivity contribution in [1.29, 1.82) is 0 Å². The summed E-state index contributed by atoms with van der Waals surface area (Å²) >= 11 is 0. The van der Waals surface area contributed by atoms with Gasteiger partial charge in [-0.3, -0.25) is 4.98 Å². The van der Waals surface area contributed by atoms with Crippen LogP contribution in [0.15, 0.2) is 24.7 Å². The van der Waals surface area contributed by atoms with Gasteiger partial charge >= 0.3 is 0 Å². The lowest BCUT2D eigenvalue weighted by Gasteiger charge is -2.20. The molecule has 4 nitrogen and oxygen atoms in total. The minimum atomic E-state index is 0.420. The molecule has 18 heavy (non-hydrogen) atoms. The van der Waals surface area contributed by atoms with Crippen molar-refractivity contribution in [1.82, 2.24) is 19.8 Å². The van der Waals surface area contributed by atoms with Crippen LogP contribution in [0.25, 0.3) is 10.9 Å². The third kappa shape index (κ3) is 2.02. The van der Waals surface area contributed by atoms with E-state index in [0.29, 0.717) is 6.04 Å². The Morgan fingerprint density at radius 3 is 3.17 bits per heavy atom. The molecule has 1 unspecified atom stereocenters. The van der Waals surface area contributed by atoms with E-state index in [1.54, 1.807) is 0 Å². The summed E-state index contributed by atoms with van der Waals surface area (Å²) < 4.78 is 2.17. The smallest absolute Gasteiger partial charge is 0.0667 e. The van der Waals surface area contributed by atoms with Gasteiger partial charge in [-0.15, -0.1) is 0 Å². The van der Waals surface area contributed by atoms with E-state index in [-0.39, 0.29) is 0 Å². The second kappa shape index (κ2) is 4.71. The number of fused-ring (bicyclic) bond motifs is 1. The van der Waals surface area contributed by atoms with Gasteiger partial charge in [-0.1, -0.05) is 0 Å². The highest BCUT2D eigenvalue weighted by atomic mass is 15.1. The van der Waals surface area contributed by atoms with E-state index >= 15 is 0 Å². The first-order valence-electron chi connectivity index (χ1n) is 6.56. The third-order valence-electron chi connectivity index (χ3n) is 3.80. The molecule has 0 aliphatic carbocycles. The number of hydrogen-bond donors (Lipinski definition) is 1. The Hall–Kier alpha value is -1.39. The van der Waals surface area contributed by atoms with Crippen molar-refractivity contribution in [2.75, 3.05) is 26.7 Å². The number of aryl methyl sites for hydroxylation is 1. The predicted octanol–water partition coefficient (Wildman–Crippen LogP) is 1.54. The summed E-state index contributed by atoms with van der Waals surface area (Å²) in [6, 6.07) is 2.54. The first-order chi connectivity index (χ1) is 8.75. The van der Waals surface area contributed by atoms with Crippen molar-refractivity contribution in [2.24, 2.45) is 7.05 Å². The van der Waals surface area contributed by atoms with Crippen LogP contribution in [0.3, 0.4) is 0 Å². The van der Waals surface area contributed by atoms with Gasteiger partial charge in [0, 0.05) is 37.4 Å². The lowest BCUT2D eigenvalue weighted by Crippen LogP contribution is -2.28. The van der Waals surface area contributed by atoms with Crippen LogP contribution in [0, 0.1) is 0 Å². The topological polar surface area (TPSA) is 33.1 Å². The average Bonchev–Trinajstić information content (AvgIpc) is 2.57. The average molecular weight is 244 g/mol. The van der Waals surface area contributed by atoms with Gasteiger partial charge < -0.3 is 14.8 Å². The molecule has 1 atom stereocenters. The Morgan fingerprint density at radius 1 is 1.39 bits per heavy atom. The van der Waals surface area contributed by atoms with Crippen molar-refractivity contribution in [3.63, 3.8) is 0 Å². The molecular formula is C14H20N4. The Balaban J connectivity index is 2.02. The molecule has 0 radical (unpaired) electrons. The number of aromatic nitrogens is 2. The van der Waals surface area contributed by atoms with Crippen LogP contribution < -0.4 is 5.32 Å². The van der Waals surface area contributed by atoms with Crippen LogP contribution in [-0.4, -0.2) is 41.1 Å². The molecule has 96 valence electrons. The summed E-state index contributed by atoms with van der Waals surface area (Å²) in [7, 11) is 4.29. The minimum Gasteiger partial charge on any atom is -0.349 e. The van der Waals surface area contributed by atoms with Gasteiger partial charge in [0.15, 0.2) is 0 Å². The zero-order valence-electron chi connectivity index (χ0n) is 11.1. The molecule has 1 saturated heterocycles. The highest BCUT2D eigenvalue weighted by Gasteiger charge is 2.20. The van der Waals surface area contributed by atoms with Crippen molar-refractivity contribution < 1.29 is 0 Å². The highest BCUT2D eigenvalue weighted by Crippen LogP contribution is 2.26. The van der Waals surface area contributed by atoms with Gasteiger partial charge in [0.25, 0.3) is 0 Å². The van der Waals surface area contributed by atoms with E-state index in [4.69, 9.17) is 0 Å². The minimum absolute atomic E-state index is 0.420. The van der Waals surface area contributed by atoms with Gasteiger partial charge in [0.2, 0.25) is 0 Å². The second-order valence-electron chi connectivity index (χ2n) is 5.21. The molecule has 1 fully saturated rings. The van der Waals surface area contributed by atoms with E-state index in [1.165, 1.54) is 29.4 Å². The third-order valence-corrected chi connectivity index (χ3v) is 3.80. The first-order valence-corrected chi connectivity index (χ1v) is 6.56. The number of pyridine rings is 1. The molecule has 1 aliphatic rings. The monoisotopic (exact) mass is 244 g/mol. The van der Waals surface area contributed by atoms with Crippen LogP contribution in [0.2, 0.25) is 0 Å². The van der Waals surface area contributed by atoms with Crippen molar-refractivity contribution in [3.05, 3.63) is 30.2 Å². The van der Waals surface area contributed by atoms with Gasteiger partial charge in [-0.05, 0) is 38.2 Å². The Labute approximate surface area is 108 Å². The number of likely N-dealkylation sites (N-methyl/N-ethyl adjacent to an activating group) is 1. The fraction of sp³-hybridized carbons (Fsp3) is 0.500. The lowest BCUT2D eigenvalue weighted by atomic mass is 10.1. The van der Waals surface area contributed by atoms with Crippen molar-refractivity contribution in [3.8, 4) is 0 Å². The number of rotatable bonds is 1. The van der Waals surface area contributed by atoms with E-state index in [9.17, 15) is 0 Å². The zero-order valence-corrected chi connectivity index (χ0v) is 11.1. The maximum Gasteiger partial charge on any atom is 0.0667 e. The van der Waals surface area contributed by atoms with Crippen LogP contribution in [-0.2, 0) is 7.05 Å². The van der Waals surface area contributed by atoms with Gasteiger partial charge in [0.1, 0.15) is 0 Å². The van der Waals surface area contributed by atoms with Crippen molar-refractivity contribution >= 4 is 10.9 Å². The first kappa shape index (κ1) is 11.7. The summed E-state index contributed by atoms with van der Waals surface area (Å²) in [6.07, 6.45) is 7.29. The van der Waals surface area contributed by atoms with Crippen LogP contribution in [0.4, 0.5) is 0 Å². The number of nitrogens with zero attached hydrogens (tertiary/aromatic N) is 3. The van der Waals surface area contributed by atoms with E-state index in [1.807, 2.05) is 12.4 Å². The maximum atomic E-state index is 4.21. The summed E-state index contributed by atoms with van der Waals surface area (Å²) in [5.41, 5.74) is 2.60. The molecule has 3 heterocycles. The largest absolute Gasteiger partial charge is 0.349 e. The molecule has 2 aromatic rings. The highest BCUT2D eigenvalue weighted by molar-refractivity contribution is 5.83. The summed E-state index contributed by atoms with van der Waals surface area (Å²) in [4.78, 5) is 6.62. The summed E-state index contributed by atoms with van der Waals surface area (Å²) in [5.74, 6) is 0. The van der Waals surface area contributed by atoms with Crippen LogP contribution in [0.1, 0.15) is 18.0 Å². The molecule has 0 saturated carbocycles. The molecule has 0 spiro atoms. The summed E-state index contributed by atoms with van der Waals surface area (Å²) in [5, 5.41) is 4.98. The van der Waals surface area contributed by atoms with Gasteiger partial charge in [-0.2, -0.15) is 0 Å². The molecule has 3 rings (SSSR count). The molecule has 0 bridgehead atoms. The fourth-order valence-corrected chi connectivity index (χ4v) is 2.84. The predicted molar refractivity (Wildman–Crippen MR) is 73.6 cm³/mol. The van der Waals surface area contributed by atoms with E-state index < -0.39 is 0 Å². The molecule has 0 amide bonds. The Kier molecular flexibility index (Phi) is 3.06. The SMILES string of the molecule is CN1CCCNC(c2cn(C)c3cnccc23)C1. The molecule has 2 aromatic heterocycles.